The molecule has 0 radical (unpaired) electrons. The van der Waals surface area contributed by atoms with E-state index in [1.165, 1.54) is 43.4 Å². The maximum atomic E-state index is 16.4. The van der Waals surface area contributed by atoms with Gasteiger partial charge in [0, 0.05) is 36.6 Å². The molecule has 2 saturated heterocycles. The Balaban J connectivity index is 1.66. The van der Waals surface area contributed by atoms with Crippen LogP contribution in [0.2, 0.25) is 0 Å². The fourth-order valence-electron chi connectivity index (χ4n) is 5.95. The minimum absolute atomic E-state index is 0.338. The van der Waals surface area contributed by atoms with Crippen LogP contribution in [0.1, 0.15) is 65.0 Å². The number of likely N-dealkylation sites (tertiary alicyclic amines) is 2. The quantitative estimate of drug-likeness (QED) is 0.340. The molecule has 4 rings (SSSR count). The normalized spacial score (nSPS) is 20.7. The molecule has 218 valence electrons. The Hall–Kier alpha value is -3.64. The van der Waals surface area contributed by atoms with E-state index in [4.69, 9.17) is 0 Å². The van der Waals surface area contributed by atoms with Crippen LogP contribution in [0.15, 0.2) is 89.9 Å². The number of hydrogen-bond donors (Lipinski definition) is 2. The maximum Gasteiger partial charge on any atom is 0.142 e. The molecule has 0 spiro atoms. The molecule has 3 aliphatic heterocycles. The van der Waals surface area contributed by atoms with Crippen molar-refractivity contribution in [3.8, 4) is 0 Å². The lowest BCUT2D eigenvalue weighted by atomic mass is 9.97. The van der Waals surface area contributed by atoms with Crippen molar-refractivity contribution in [2.75, 3.05) is 32.7 Å². The van der Waals surface area contributed by atoms with Crippen LogP contribution in [-0.2, 0) is 0 Å². The molecular weight excluding hydrogens is 509 g/mol. The molecule has 4 heterocycles. The van der Waals surface area contributed by atoms with Crippen molar-refractivity contribution in [2.24, 2.45) is 0 Å². The van der Waals surface area contributed by atoms with Crippen molar-refractivity contribution in [1.82, 2.24) is 25.3 Å². The smallest absolute Gasteiger partial charge is 0.142 e. The summed E-state index contributed by atoms with van der Waals surface area (Å²) in [6.45, 7) is 23.1. The van der Waals surface area contributed by atoms with Gasteiger partial charge in [-0.25, -0.2) is 4.39 Å². The minimum Gasteiger partial charge on any atom is -0.371 e. The van der Waals surface area contributed by atoms with Crippen molar-refractivity contribution < 1.29 is 4.39 Å². The first-order valence-electron chi connectivity index (χ1n) is 15.0. The van der Waals surface area contributed by atoms with Gasteiger partial charge in [0.15, 0.2) is 0 Å². The highest BCUT2D eigenvalue weighted by Crippen LogP contribution is 2.30. The average Bonchev–Trinajstić information content (AvgIpc) is 3.68. The minimum atomic E-state index is -0.383. The van der Waals surface area contributed by atoms with E-state index in [1.54, 1.807) is 0 Å². The van der Waals surface area contributed by atoms with Gasteiger partial charge in [0.25, 0.3) is 0 Å². The summed E-state index contributed by atoms with van der Waals surface area (Å²) in [4.78, 5) is 4.87. The standard InChI is InChI=1S/C35H46FN5/c1-7-16-32(41-21-12-11-13-22-41)29-17-18-31(37-26(29)6)35-33(30(10-4)38-39-35)34(36)25(5)28(9-3)23-27(8-2)24-40-19-14-15-20-40/h7-10,16,18,23,37-38H,1-2,5,11-15,17,19-22,24H2,3-4,6H3/b27-23+,28-9+,30-10+,32-16+,34-33-. The summed E-state index contributed by atoms with van der Waals surface area (Å²) >= 11 is 0. The molecule has 1 aromatic heterocycles. The van der Waals surface area contributed by atoms with Crippen molar-refractivity contribution in [3.05, 3.63) is 106 Å². The monoisotopic (exact) mass is 555 g/mol. The zero-order valence-corrected chi connectivity index (χ0v) is 25.2. The molecule has 2 N–H and O–H groups in total. The molecule has 41 heavy (non-hydrogen) atoms. The fraction of sp³-hybridized carbons (Fsp3) is 0.400. The molecule has 0 saturated carbocycles. The summed E-state index contributed by atoms with van der Waals surface area (Å²) in [6.07, 6.45) is 20.6. The number of dihydropyridines is 1. The third-order valence-electron chi connectivity index (χ3n) is 8.26. The lowest BCUT2D eigenvalue weighted by Gasteiger charge is -2.34. The van der Waals surface area contributed by atoms with E-state index < -0.39 is 0 Å². The molecule has 0 amide bonds. The Morgan fingerprint density at radius 1 is 1.07 bits per heavy atom. The number of aromatic nitrogens is 2. The van der Waals surface area contributed by atoms with E-state index in [1.807, 2.05) is 44.2 Å². The summed E-state index contributed by atoms with van der Waals surface area (Å²) in [5, 5.41) is 12.2. The summed E-state index contributed by atoms with van der Waals surface area (Å²) in [5.41, 5.74) is 7.00. The van der Waals surface area contributed by atoms with Gasteiger partial charge in [0.1, 0.15) is 11.5 Å². The molecule has 1 aromatic rings. The molecule has 0 bridgehead atoms. The Bertz CT molecular complexity index is 1430. The number of piperidine rings is 1. The van der Waals surface area contributed by atoms with Gasteiger partial charge in [-0.15, -0.1) is 0 Å². The predicted molar refractivity (Wildman–Crippen MR) is 171 cm³/mol. The largest absolute Gasteiger partial charge is 0.371 e. The topological polar surface area (TPSA) is 47.2 Å². The van der Waals surface area contributed by atoms with Gasteiger partial charge in [-0.3, -0.25) is 10.00 Å². The zero-order valence-electron chi connectivity index (χ0n) is 25.2. The number of H-pyrrole nitrogens is 1. The van der Waals surface area contributed by atoms with Gasteiger partial charge < -0.3 is 10.2 Å². The van der Waals surface area contributed by atoms with E-state index in [2.05, 4.69) is 64.1 Å². The second kappa shape index (κ2) is 14.3. The molecule has 3 aliphatic rings. The van der Waals surface area contributed by atoms with E-state index in [0.717, 1.165) is 61.7 Å². The highest BCUT2D eigenvalue weighted by Gasteiger charge is 2.23. The summed E-state index contributed by atoms with van der Waals surface area (Å²) in [6, 6.07) is 0. The number of allylic oxidation sites excluding steroid dienone is 9. The maximum absolute atomic E-state index is 16.4. The molecule has 5 nitrogen and oxygen atoms in total. The highest BCUT2D eigenvalue weighted by molar-refractivity contribution is 5.73. The Labute approximate surface area is 245 Å². The fourth-order valence-corrected chi connectivity index (χ4v) is 5.95. The number of rotatable bonds is 10. The van der Waals surface area contributed by atoms with Crippen LogP contribution in [0.5, 0.6) is 0 Å². The molecule has 0 aromatic carbocycles. The number of nitrogens with zero attached hydrogens (tertiary/aromatic N) is 3. The summed E-state index contributed by atoms with van der Waals surface area (Å²) in [7, 11) is 0. The first-order valence-corrected chi connectivity index (χ1v) is 15.0. The average molecular weight is 556 g/mol. The lowest BCUT2D eigenvalue weighted by molar-refractivity contribution is 0.288. The highest BCUT2D eigenvalue weighted by atomic mass is 19.1. The number of halogens is 1. The third kappa shape index (κ3) is 6.99. The van der Waals surface area contributed by atoms with E-state index >= 15 is 4.39 Å². The Kier molecular flexibility index (Phi) is 10.6. The zero-order chi connectivity index (χ0) is 29.4. The van der Waals surface area contributed by atoms with Gasteiger partial charge in [-0.05, 0) is 95.2 Å². The molecule has 2 fully saturated rings. The van der Waals surface area contributed by atoms with Crippen molar-refractivity contribution in [3.63, 3.8) is 0 Å². The Morgan fingerprint density at radius 2 is 1.78 bits per heavy atom. The third-order valence-corrected chi connectivity index (χ3v) is 8.26. The van der Waals surface area contributed by atoms with Gasteiger partial charge in [0.2, 0.25) is 0 Å². The molecular formula is C35H46FN5. The number of aromatic amines is 1. The summed E-state index contributed by atoms with van der Waals surface area (Å²) < 4.78 is 16.4. The van der Waals surface area contributed by atoms with Crippen LogP contribution >= 0.6 is 0 Å². The van der Waals surface area contributed by atoms with Crippen LogP contribution in [0, 0.1) is 0 Å². The van der Waals surface area contributed by atoms with Gasteiger partial charge in [-0.2, -0.15) is 5.10 Å². The second-order valence-electron chi connectivity index (χ2n) is 11.0. The first-order chi connectivity index (χ1) is 19.9. The molecule has 0 atom stereocenters. The molecule has 6 heteroatoms. The molecule has 0 aliphatic carbocycles. The van der Waals surface area contributed by atoms with Crippen LogP contribution < -0.4 is 15.9 Å². The predicted octanol–water partition coefficient (Wildman–Crippen LogP) is 6.16. The van der Waals surface area contributed by atoms with Gasteiger partial charge in [-0.1, -0.05) is 56.2 Å². The van der Waals surface area contributed by atoms with Crippen LogP contribution in [-0.4, -0.2) is 52.7 Å². The molecule has 0 unspecified atom stereocenters. The van der Waals surface area contributed by atoms with Crippen LogP contribution in [0.3, 0.4) is 0 Å². The van der Waals surface area contributed by atoms with Gasteiger partial charge >= 0.3 is 0 Å². The van der Waals surface area contributed by atoms with Crippen LogP contribution in [0.25, 0.3) is 17.6 Å². The SMILES string of the molecule is C=C/C=C(\C1=C(C)NC(c2n[nH]c(=C/C)/c2=C(/F)C(=C)C(/C=C(\C=C)CN2CCCC2)=C/C)=CC1)N1CCCCC1. The first kappa shape index (κ1) is 30.3. The van der Waals surface area contributed by atoms with Gasteiger partial charge in [0.05, 0.1) is 16.3 Å². The Morgan fingerprint density at radius 3 is 2.39 bits per heavy atom. The number of nitrogens with one attached hydrogen (secondary N) is 2. The van der Waals surface area contributed by atoms with Crippen molar-refractivity contribution in [2.45, 2.75) is 59.3 Å². The van der Waals surface area contributed by atoms with E-state index in [-0.39, 0.29) is 5.83 Å². The van der Waals surface area contributed by atoms with Crippen molar-refractivity contribution >= 4 is 17.6 Å². The van der Waals surface area contributed by atoms with Crippen LogP contribution in [0.4, 0.5) is 4.39 Å². The number of hydrogen-bond acceptors (Lipinski definition) is 4. The second-order valence-corrected chi connectivity index (χ2v) is 11.0. The van der Waals surface area contributed by atoms with Crippen molar-refractivity contribution in [1.29, 1.82) is 0 Å². The lowest BCUT2D eigenvalue weighted by Crippen LogP contribution is -2.32. The summed E-state index contributed by atoms with van der Waals surface area (Å²) in [5.74, 6) is -0.383. The van der Waals surface area contributed by atoms with E-state index in [9.17, 15) is 0 Å². The van der Waals surface area contributed by atoms with E-state index in [0.29, 0.717) is 21.8 Å².